The minimum Gasteiger partial charge on any atom is -0.292 e. The molecule has 0 spiro atoms. The summed E-state index contributed by atoms with van der Waals surface area (Å²) in [6, 6.07) is 5.76. The molecule has 1 aliphatic heterocycles. The third-order valence-electron chi connectivity index (χ3n) is 3.85. The molecule has 1 aliphatic rings. The molecule has 0 aliphatic carbocycles. The number of aromatic nitrogens is 1. The van der Waals surface area contributed by atoms with Crippen molar-refractivity contribution in [1.29, 1.82) is 0 Å². The Kier molecular flexibility index (Phi) is 4.16. The van der Waals surface area contributed by atoms with E-state index in [1.165, 1.54) is 22.4 Å². The van der Waals surface area contributed by atoms with E-state index in [2.05, 4.69) is 4.98 Å². The first kappa shape index (κ1) is 17.2. The number of amides is 2. The molecule has 2 aromatic heterocycles. The van der Waals surface area contributed by atoms with E-state index < -0.39 is 29.1 Å². The standard InChI is InChI=1S/C17H16FN3O3S/c1-17(2,3)20(9-22)21-10-6-7-12(18)19-14(10)13(16(21)24)15(23)11-5-4-8-25-11/h4-9,13H,1-3H3. The van der Waals surface area contributed by atoms with Crippen LogP contribution in [-0.4, -0.2) is 33.6 Å². The second kappa shape index (κ2) is 6.03. The van der Waals surface area contributed by atoms with Gasteiger partial charge in [0.15, 0.2) is 5.78 Å². The van der Waals surface area contributed by atoms with Gasteiger partial charge in [0, 0.05) is 0 Å². The van der Waals surface area contributed by atoms with Crippen LogP contribution in [0.5, 0.6) is 0 Å². The van der Waals surface area contributed by atoms with E-state index in [-0.39, 0.29) is 11.4 Å². The summed E-state index contributed by atoms with van der Waals surface area (Å²) >= 11 is 1.19. The molecule has 2 aromatic rings. The highest BCUT2D eigenvalue weighted by atomic mass is 32.1. The Hall–Kier alpha value is -2.61. The lowest BCUT2D eigenvalue weighted by atomic mass is 10.00. The molecule has 6 nitrogen and oxygen atoms in total. The van der Waals surface area contributed by atoms with Crippen molar-refractivity contribution in [3.8, 4) is 0 Å². The Morgan fingerprint density at radius 1 is 1.36 bits per heavy atom. The van der Waals surface area contributed by atoms with E-state index in [9.17, 15) is 18.8 Å². The number of nitrogens with zero attached hydrogens (tertiary/aromatic N) is 3. The first-order valence-corrected chi connectivity index (χ1v) is 8.46. The molecule has 0 radical (unpaired) electrons. The van der Waals surface area contributed by atoms with Crippen LogP contribution in [0.15, 0.2) is 29.6 Å². The molecule has 0 bridgehead atoms. The second-order valence-corrected chi connectivity index (χ2v) is 7.53. The van der Waals surface area contributed by atoms with Gasteiger partial charge in [-0.05, 0) is 44.4 Å². The zero-order valence-electron chi connectivity index (χ0n) is 13.9. The number of ketones is 1. The summed E-state index contributed by atoms with van der Waals surface area (Å²) in [7, 11) is 0. The first-order valence-electron chi connectivity index (χ1n) is 7.58. The van der Waals surface area contributed by atoms with E-state index in [0.717, 1.165) is 11.1 Å². The van der Waals surface area contributed by atoms with Crippen LogP contribution in [0, 0.1) is 5.95 Å². The predicted octanol–water partition coefficient (Wildman–Crippen LogP) is 2.77. The Bertz CT molecular complexity index is 845. The third-order valence-corrected chi connectivity index (χ3v) is 4.74. The number of fused-ring (bicyclic) bond motifs is 1. The fourth-order valence-corrected chi connectivity index (χ4v) is 3.41. The van der Waals surface area contributed by atoms with Crippen LogP contribution < -0.4 is 5.01 Å². The van der Waals surface area contributed by atoms with Crippen molar-refractivity contribution in [3.63, 3.8) is 0 Å². The van der Waals surface area contributed by atoms with E-state index >= 15 is 0 Å². The fraction of sp³-hybridized carbons (Fsp3) is 0.294. The third kappa shape index (κ3) is 2.82. The second-order valence-electron chi connectivity index (χ2n) is 6.58. The molecule has 1 atom stereocenters. The van der Waals surface area contributed by atoms with Gasteiger partial charge in [0.2, 0.25) is 12.4 Å². The lowest BCUT2D eigenvalue weighted by Gasteiger charge is -2.38. The van der Waals surface area contributed by atoms with Crippen molar-refractivity contribution in [2.24, 2.45) is 0 Å². The topological polar surface area (TPSA) is 70.6 Å². The molecule has 0 N–H and O–H groups in total. The minimum absolute atomic E-state index is 0.0273. The maximum Gasteiger partial charge on any atom is 0.263 e. The van der Waals surface area contributed by atoms with Gasteiger partial charge >= 0.3 is 0 Å². The molecule has 0 saturated carbocycles. The Labute approximate surface area is 147 Å². The van der Waals surface area contributed by atoms with Gasteiger partial charge in [-0.15, -0.1) is 11.3 Å². The van der Waals surface area contributed by atoms with Crippen molar-refractivity contribution in [2.45, 2.75) is 32.2 Å². The van der Waals surface area contributed by atoms with E-state index in [1.807, 2.05) is 0 Å². The number of hydrazine groups is 1. The van der Waals surface area contributed by atoms with Crippen LogP contribution in [0.3, 0.4) is 0 Å². The number of pyridine rings is 1. The van der Waals surface area contributed by atoms with Gasteiger partial charge in [0.25, 0.3) is 5.91 Å². The molecule has 3 rings (SSSR count). The number of rotatable bonds is 4. The summed E-state index contributed by atoms with van der Waals surface area (Å²) in [5.74, 6) is -3.13. The maximum absolute atomic E-state index is 13.7. The zero-order chi connectivity index (χ0) is 18.4. The van der Waals surface area contributed by atoms with Gasteiger partial charge in [0.1, 0.15) is 5.92 Å². The Morgan fingerprint density at radius 3 is 2.64 bits per heavy atom. The smallest absolute Gasteiger partial charge is 0.263 e. The van der Waals surface area contributed by atoms with E-state index in [0.29, 0.717) is 11.3 Å². The van der Waals surface area contributed by atoms with Crippen molar-refractivity contribution in [2.75, 3.05) is 5.01 Å². The van der Waals surface area contributed by atoms with Crippen LogP contribution in [0.25, 0.3) is 0 Å². The summed E-state index contributed by atoms with van der Waals surface area (Å²) in [4.78, 5) is 41.6. The largest absolute Gasteiger partial charge is 0.292 e. The normalized spacial score (nSPS) is 16.7. The highest BCUT2D eigenvalue weighted by molar-refractivity contribution is 7.12. The van der Waals surface area contributed by atoms with Crippen LogP contribution in [0.1, 0.15) is 42.1 Å². The van der Waals surface area contributed by atoms with Gasteiger partial charge in [-0.2, -0.15) is 4.39 Å². The summed E-state index contributed by atoms with van der Waals surface area (Å²) in [6.45, 7) is 5.25. The molecular weight excluding hydrogens is 345 g/mol. The van der Waals surface area contributed by atoms with Gasteiger partial charge in [-0.3, -0.25) is 14.4 Å². The Morgan fingerprint density at radius 2 is 2.08 bits per heavy atom. The molecule has 25 heavy (non-hydrogen) atoms. The summed E-state index contributed by atoms with van der Waals surface area (Å²) in [5, 5.41) is 4.03. The lowest BCUT2D eigenvalue weighted by molar-refractivity contribution is -0.132. The molecule has 0 aromatic carbocycles. The predicted molar refractivity (Wildman–Crippen MR) is 90.7 cm³/mol. The summed E-state index contributed by atoms with van der Waals surface area (Å²) in [6.07, 6.45) is 0.517. The molecule has 1 unspecified atom stereocenters. The monoisotopic (exact) mass is 361 g/mol. The number of carbonyl (C=O) groups is 3. The quantitative estimate of drug-likeness (QED) is 0.363. The van der Waals surface area contributed by atoms with Crippen molar-refractivity contribution < 1.29 is 18.8 Å². The average Bonchev–Trinajstić information content (AvgIpc) is 3.14. The SMILES string of the molecule is CC(C)(C)N(C=O)N1C(=O)C(C(=O)c2cccs2)c2nc(F)ccc21. The van der Waals surface area contributed by atoms with Crippen LogP contribution in [-0.2, 0) is 9.59 Å². The lowest BCUT2D eigenvalue weighted by Crippen LogP contribution is -2.54. The molecule has 3 heterocycles. The van der Waals surface area contributed by atoms with Gasteiger partial charge in [-0.25, -0.2) is 15.0 Å². The maximum atomic E-state index is 13.7. The zero-order valence-corrected chi connectivity index (χ0v) is 14.7. The number of hydrogen-bond acceptors (Lipinski definition) is 5. The van der Waals surface area contributed by atoms with Gasteiger partial charge < -0.3 is 0 Å². The molecule has 130 valence electrons. The molecule has 0 fully saturated rings. The van der Waals surface area contributed by atoms with Crippen LogP contribution >= 0.6 is 11.3 Å². The summed E-state index contributed by atoms with van der Waals surface area (Å²) in [5.41, 5.74) is -0.452. The van der Waals surface area contributed by atoms with E-state index in [1.54, 1.807) is 38.3 Å². The number of Topliss-reactive ketones (excluding diaryl/α,β-unsaturated/α-hetero) is 1. The fourth-order valence-electron chi connectivity index (χ4n) is 2.72. The van der Waals surface area contributed by atoms with Crippen molar-refractivity contribution in [1.82, 2.24) is 9.99 Å². The van der Waals surface area contributed by atoms with Gasteiger partial charge in [0.05, 0.1) is 21.8 Å². The molecule has 0 saturated heterocycles. The summed E-state index contributed by atoms with van der Waals surface area (Å²) < 4.78 is 13.7. The number of halogens is 1. The van der Waals surface area contributed by atoms with Crippen molar-refractivity contribution in [3.05, 3.63) is 46.2 Å². The van der Waals surface area contributed by atoms with Crippen molar-refractivity contribution >= 4 is 35.1 Å². The van der Waals surface area contributed by atoms with E-state index in [4.69, 9.17) is 0 Å². The first-order chi connectivity index (χ1) is 11.8. The molecule has 8 heteroatoms. The van der Waals surface area contributed by atoms with Crippen LogP contribution in [0.4, 0.5) is 10.1 Å². The minimum atomic E-state index is -1.27. The highest BCUT2D eigenvalue weighted by Crippen LogP contribution is 2.40. The van der Waals surface area contributed by atoms with Gasteiger partial charge in [-0.1, -0.05) is 6.07 Å². The average molecular weight is 361 g/mol. The number of carbonyl (C=O) groups excluding carboxylic acids is 3. The Balaban J connectivity index is 2.14. The van der Waals surface area contributed by atoms with Crippen LogP contribution in [0.2, 0.25) is 0 Å². The molecular formula is C17H16FN3O3S. The number of anilines is 1. The highest BCUT2D eigenvalue weighted by Gasteiger charge is 2.48. The number of thiophene rings is 1. The molecule has 2 amide bonds. The number of hydrogen-bond donors (Lipinski definition) is 0.